The first-order chi connectivity index (χ1) is 17.2. The summed E-state index contributed by atoms with van der Waals surface area (Å²) in [6.45, 7) is 8.39. The van der Waals surface area contributed by atoms with Gasteiger partial charge in [0.15, 0.2) is 11.0 Å². The maximum absolute atomic E-state index is 13.1. The summed E-state index contributed by atoms with van der Waals surface area (Å²) in [6.07, 6.45) is 2.36. The van der Waals surface area contributed by atoms with E-state index in [9.17, 15) is 9.59 Å². The molecule has 36 heavy (non-hydrogen) atoms. The zero-order valence-electron chi connectivity index (χ0n) is 19.8. The largest absolute Gasteiger partial charge is 0.342 e. The Morgan fingerprint density at radius 1 is 1.17 bits per heavy atom. The van der Waals surface area contributed by atoms with Crippen LogP contribution < -0.4 is 10.6 Å². The molecule has 11 heteroatoms. The molecule has 2 N–H and O–H groups in total. The molecule has 0 fully saturated rings. The normalized spacial score (nSPS) is 11.8. The minimum Gasteiger partial charge on any atom is -0.342 e. The quantitative estimate of drug-likeness (QED) is 0.137. The Labute approximate surface area is 238 Å². The first-order valence-corrected chi connectivity index (χ1v) is 14.0. The summed E-state index contributed by atoms with van der Waals surface area (Å²) in [7, 11) is 0. The molecule has 0 aliphatic carbocycles. The molecule has 1 atom stereocenters. The lowest BCUT2D eigenvalue weighted by Crippen LogP contribution is -2.32. The van der Waals surface area contributed by atoms with Crippen LogP contribution in [0, 0.1) is 9.49 Å². The number of thioether (sulfide) groups is 1. The van der Waals surface area contributed by atoms with Gasteiger partial charge in [-0.3, -0.25) is 9.59 Å². The van der Waals surface area contributed by atoms with Gasteiger partial charge in [0.1, 0.15) is 0 Å². The molecule has 7 nitrogen and oxygen atoms in total. The van der Waals surface area contributed by atoms with Crippen LogP contribution in [0.5, 0.6) is 0 Å². The van der Waals surface area contributed by atoms with Crippen molar-refractivity contribution in [3.63, 3.8) is 0 Å². The van der Waals surface area contributed by atoms with Gasteiger partial charge in [0, 0.05) is 20.8 Å². The second-order valence-corrected chi connectivity index (χ2v) is 11.4. The fourth-order valence-electron chi connectivity index (χ4n) is 3.44. The summed E-state index contributed by atoms with van der Waals surface area (Å²) in [5.41, 5.74) is 1.06. The predicted octanol–water partition coefficient (Wildman–Crippen LogP) is 6.62. The highest BCUT2D eigenvalue weighted by atomic mass is 127. The fourth-order valence-corrected chi connectivity index (χ4v) is 5.04. The molecule has 3 aromatic rings. The van der Waals surface area contributed by atoms with Crippen LogP contribution in [0.3, 0.4) is 0 Å². The second-order valence-electron chi connectivity index (χ2n) is 8.36. The Bertz CT molecular complexity index is 1230. The highest BCUT2D eigenvalue weighted by molar-refractivity contribution is 14.1. The maximum atomic E-state index is 13.1. The summed E-state index contributed by atoms with van der Waals surface area (Å²) < 4.78 is 2.96. The van der Waals surface area contributed by atoms with Gasteiger partial charge in [-0.15, -0.1) is 16.8 Å². The average molecular weight is 658 g/mol. The number of anilines is 1. The number of carbonyl (C=O) groups is 2. The molecule has 190 valence electrons. The van der Waals surface area contributed by atoms with E-state index in [0.29, 0.717) is 34.5 Å². The van der Waals surface area contributed by atoms with Crippen molar-refractivity contribution in [3.05, 3.63) is 80.1 Å². The van der Waals surface area contributed by atoms with Crippen LogP contribution in [0.15, 0.2) is 60.3 Å². The zero-order chi connectivity index (χ0) is 26.2. The number of hydrogen-bond acceptors (Lipinski definition) is 5. The van der Waals surface area contributed by atoms with E-state index in [1.165, 1.54) is 17.8 Å². The van der Waals surface area contributed by atoms with Crippen molar-refractivity contribution in [1.29, 1.82) is 0 Å². The number of hydrogen-bond donors (Lipinski definition) is 2. The van der Waals surface area contributed by atoms with Crippen LogP contribution in [0.1, 0.15) is 42.5 Å². The molecule has 2 amide bonds. The molecule has 0 aliphatic rings. The van der Waals surface area contributed by atoms with Crippen molar-refractivity contribution in [3.8, 4) is 0 Å². The summed E-state index contributed by atoms with van der Waals surface area (Å²) in [5, 5.41) is 15.9. The van der Waals surface area contributed by atoms with Gasteiger partial charge < -0.3 is 15.2 Å². The van der Waals surface area contributed by atoms with E-state index in [4.69, 9.17) is 23.2 Å². The van der Waals surface area contributed by atoms with E-state index in [-0.39, 0.29) is 28.5 Å². The monoisotopic (exact) mass is 657 g/mol. The number of nitrogens with zero attached hydrogens (tertiary/aromatic N) is 3. The number of amides is 2. The second kappa shape index (κ2) is 13.5. The molecular weight excluding hydrogens is 632 g/mol. The smallest absolute Gasteiger partial charge is 0.253 e. The minimum absolute atomic E-state index is 0.152. The van der Waals surface area contributed by atoms with Gasteiger partial charge in [-0.25, -0.2) is 0 Å². The first kappa shape index (κ1) is 28.5. The molecule has 0 saturated heterocycles. The molecule has 0 unspecified atom stereocenters. The van der Waals surface area contributed by atoms with Gasteiger partial charge in [0.05, 0.1) is 22.4 Å². The van der Waals surface area contributed by atoms with Gasteiger partial charge in [0.25, 0.3) is 5.91 Å². The van der Waals surface area contributed by atoms with Gasteiger partial charge in [0.2, 0.25) is 5.91 Å². The highest BCUT2D eigenvalue weighted by Gasteiger charge is 2.25. The van der Waals surface area contributed by atoms with Crippen LogP contribution in [0.4, 0.5) is 5.69 Å². The summed E-state index contributed by atoms with van der Waals surface area (Å²) in [6, 6.07) is 11.9. The molecule has 2 aromatic carbocycles. The SMILES string of the molecule is C=CCn1c(SCC(=O)Nc2ccc(I)cc2)nnc1[C@@H](CC(C)C)NC(=O)c1ccc(Cl)cc1Cl. The molecule has 0 radical (unpaired) electrons. The number of aromatic nitrogens is 3. The van der Waals surface area contributed by atoms with E-state index in [1.54, 1.807) is 18.2 Å². The number of rotatable bonds is 11. The van der Waals surface area contributed by atoms with Crippen LogP contribution >= 0.6 is 57.6 Å². The van der Waals surface area contributed by atoms with E-state index in [1.807, 2.05) is 28.8 Å². The van der Waals surface area contributed by atoms with Gasteiger partial charge in [-0.2, -0.15) is 0 Å². The Morgan fingerprint density at radius 2 is 1.89 bits per heavy atom. The van der Waals surface area contributed by atoms with Gasteiger partial charge in [-0.05, 0) is 77.4 Å². The third-order valence-corrected chi connectivity index (χ3v) is 7.25. The highest BCUT2D eigenvalue weighted by Crippen LogP contribution is 2.27. The Balaban J connectivity index is 1.78. The average Bonchev–Trinajstić information content (AvgIpc) is 3.21. The van der Waals surface area contributed by atoms with Crippen molar-refractivity contribution < 1.29 is 9.59 Å². The third-order valence-electron chi connectivity index (χ3n) is 5.02. The summed E-state index contributed by atoms with van der Waals surface area (Å²) in [4.78, 5) is 25.5. The molecule has 1 heterocycles. The van der Waals surface area contributed by atoms with E-state index < -0.39 is 6.04 Å². The summed E-state index contributed by atoms with van der Waals surface area (Å²) in [5.74, 6) is 0.521. The standard InChI is InChI=1S/C25H26Cl2IN5O2S/c1-4-11-33-23(21(12-15(2)3)30-24(35)19-10-5-16(26)13-20(19)27)31-32-25(33)36-14-22(34)29-18-8-6-17(28)7-9-18/h4-10,13,15,21H,1,11-12,14H2,2-3H3,(H,29,34)(H,30,35)/t21-/m1/s1. The van der Waals surface area contributed by atoms with Crippen molar-refractivity contribution in [2.75, 3.05) is 11.1 Å². The number of halogens is 3. The number of allylic oxidation sites excluding steroid dienone is 1. The lowest BCUT2D eigenvalue weighted by molar-refractivity contribution is -0.113. The molecule has 3 rings (SSSR count). The lowest BCUT2D eigenvalue weighted by atomic mass is 10.0. The Morgan fingerprint density at radius 3 is 2.53 bits per heavy atom. The van der Waals surface area contributed by atoms with Crippen LogP contribution in [0.2, 0.25) is 10.0 Å². The topological polar surface area (TPSA) is 88.9 Å². The van der Waals surface area contributed by atoms with Gasteiger partial charge >= 0.3 is 0 Å². The molecule has 1 aromatic heterocycles. The van der Waals surface area contributed by atoms with Crippen molar-refractivity contribution >= 4 is 75.1 Å². The van der Waals surface area contributed by atoms with Crippen molar-refractivity contribution in [1.82, 2.24) is 20.1 Å². The zero-order valence-corrected chi connectivity index (χ0v) is 24.3. The molecular formula is C25H26Cl2IN5O2S. The molecule has 0 saturated carbocycles. The van der Waals surface area contributed by atoms with E-state index >= 15 is 0 Å². The lowest BCUT2D eigenvalue weighted by Gasteiger charge is -2.21. The van der Waals surface area contributed by atoms with Gasteiger partial charge in [-0.1, -0.05) is 54.9 Å². The van der Waals surface area contributed by atoms with E-state index in [2.05, 4.69) is 63.8 Å². The van der Waals surface area contributed by atoms with E-state index in [0.717, 1.165) is 9.26 Å². The van der Waals surface area contributed by atoms with Crippen molar-refractivity contribution in [2.45, 2.75) is 38.0 Å². The van der Waals surface area contributed by atoms with Crippen LogP contribution in [-0.2, 0) is 11.3 Å². The Hall–Kier alpha value is -2.08. The maximum Gasteiger partial charge on any atom is 0.253 e. The minimum atomic E-state index is -0.424. The predicted molar refractivity (Wildman–Crippen MR) is 155 cm³/mol. The number of benzene rings is 2. The fraction of sp³-hybridized carbons (Fsp3) is 0.280. The molecule has 0 bridgehead atoms. The molecule has 0 aliphatic heterocycles. The first-order valence-electron chi connectivity index (χ1n) is 11.2. The number of nitrogens with one attached hydrogen (secondary N) is 2. The third kappa shape index (κ3) is 7.96. The van der Waals surface area contributed by atoms with Crippen molar-refractivity contribution in [2.24, 2.45) is 5.92 Å². The van der Waals surface area contributed by atoms with Crippen LogP contribution in [0.25, 0.3) is 0 Å². The van der Waals surface area contributed by atoms with Crippen LogP contribution in [-0.4, -0.2) is 32.3 Å². The summed E-state index contributed by atoms with van der Waals surface area (Å²) >= 11 is 15.7. The Kier molecular flexibility index (Phi) is 10.7. The number of carbonyl (C=O) groups excluding carboxylic acids is 2. The molecule has 0 spiro atoms.